The number of nitrogens with zero attached hydrogens (tertiary/aromatic N) is 4. The summed E-state index contributed by atoms with van der Waals surface area (Å²) in [6, 6.07) is 5.95. The number of hydrogen-bond acceptors (Lipinski definition) is 8. The van der Waals surface area contributed by atoms with Crippen LogP contribution in [-0.4, -0.2) is 48.6 Å². The number of hydrogen-bond donors (Lipinski definition) is 1. The number of alkyl halides is 3. The predicted octanol–water partition coefficient (Wildman–Crippen LogP) is 5.11. The number of aromatic nitrogens is 3. The molecular formula is C24H26F3N5O3. The van der Waals surface area contributed by atoms with E-state index < -0.39 is 11.9 Å². The van der Waals surface area contributed by atoms with Crippen LogP contribution in [0.2, 0.25) is 0 Å². The van der Waals surface area contributed by atoms with Crippen molar-refractivity contribution in [2.45, 2.75) is 38.6 Å². The number of aryl methyl sites for hydroxylation is 1. The maximum absolute atomic E-state index is 13.2. The molecule has 0 radical (unpaired) electrons. The third-order valence-electron chi connectivity index (χ3n) is 5.63. The Kier molecular flexibility index (Phi) is 7.06. The minimum atomic E-state index is -4.60. The molecule has 11 heteroatoms. The molecular weight excluding hydrogens is 463 g/mol. The van der Waals surface area contributed by atoms with E-state index in [1.807, 2.05) is 0 Å². The summed E-state index contributed by atoms with van der Waals surface area (Å²) in [5, 5.41) is 3.77. The Morgan fingerprint density at radius 3 is 2.51 bits per heavy atom. The highest BCUT2D eigenvalue weighted by molar-refractivity contribution is 5.91. The second-order valence-corrected chi connectivity index (χ2v) is 8.32. The Bertz CT molecular complexity index is 1230. The third-order valence-corrected chi connectivity index (χ3v) is 5.63. The SMILES string of the molecule is C=Nc1cc(CNc2nc(C)nc3cc(OC)c(OC(COC)C4CC4)cc23)cc(C(F)(F)F)n1. The molecule has 0 saturated heterocycles. The van der Waals surface area contributed by atoms with Gasteiger partial charge in [0.1, 0.15) is 23.4 Å². The van der Waals surface area contributed by atoms with Gasteiger partial charge in [-0.05, 0) is 56.2 Å². The number of aliphatic imine (C=N–C) groups is 1. The van der Waals surface area contributed by atoms with Crippen molar-refractivity contribution in [3.8, 4) is 11.5 Å². The summed E-state index contributed by atoms with van der Waals surface area (Å²) < 4.78 is 56.8. The van der Waals surface area contributed by atoms with Crippen LogP contribution in [0, 0.1) is 12.8 Å². The molecule has 2 aromatic heterocycles. The average molecular weight is 489 g/mol. The van der Waals surface area contributed by atoms with E-state index in [1.165, 1.54) is 6.07 Å². The van der Waals surface area contributed by atoms with Crippen LogP contribution in [0.5, 0.6) is 11.5 Å². The Labute approximate surface area is 200 Å². The largest absolute Gasteiger partial charge is 0.493 e. The minimum absolute atomic E-state index is 0.0519. The lowest BCUT2D eigenvalue weighted by Crippen LogP contribution is -2.25. The van der Waals surface area contributed by atoms with Crippen molar-refractivity contribution in [3.63, 3.8) is 0 Å². The molecule has 1 saturated carbocycles. The van der Waals surface area contributed by atoms with Crippen LogP contribution in [0.1, 0.15) is 29.9 Å². The van der Waals surface area contributed by atoms with Gasteiger partial charge in [0.15, 0.2) is 17.3 Å². The lowest BCUT2D eigenvalue weighted by molar-refractivity contribution is -0.141. The Morgan fingerprint density at radius 2 is 1.89 bits per heavy atom. The van der Waals surface area contributed by atoms with E-state index in [1.54, 1.807) is 33.3 Å². The van der Waals surface area contributed by atoms with Gasteiger partial charge in [-0.25, -0.2) is 19.9 Å². The van der Waals surface area contributed by atoms with E-state index in [-0.39, 0.29) is 18.5 Å². The van der Waals surface area contributed by atoms with Gasteiger partial charge in [0.05, 0.1) is 19.2 Å². The van der Waals surface area contributed by atoms with Gasteiger partial charge in [-0.1, -0.05) is 0 Å². The number of ether oxygens (including phenoxy) is 3. The van der Waals surface area contributed by atoms with Crippen molar-refractivity contribution in [3.05, 3.63) is 41.3 Å². The van der Waals surface area contributed by atoms with Gasteiger partial charge in [0.25, 0.3) is 0 Å². The van der Waals surface area contributed by atoms with Crippen LogP contribution in [-0.2, 0) is 17.5 Å². The number of nitrogens with one attached hydrogen (secondary N) is 1. The molecule has 186 valence electrons. The summed E-state index contributed by atoms with van der Waals surface area (Å²) in [4.78, 5) is 16.0. The van der Waals surface area contributed by atoms with E-state index in [2.05, 4.69) is 32.0 Å². The van der Waals surface area contributed by atoms with Gasteiger partial charge in [0, 0.05) is 25.1 Å². The first-order chi connectivity index (χ1) is 16.7. The zero-order valence-electron chi connectivity index (χ0n) is 19.6. The van der Waals surface area contributed by atoms with Crippen molar-refractivity contribution < 1.29 is 27.4 Å². The van der Waals surface area contributed by atoms with Crippen LogP contribution in [0.15, 0.2) is 29.3 Å². The monoisotopic (exact) mass is 489 g/mol. The molecule has 4 rings (SSSR count). The molecule has 0 spiro atoms. The van der Waals surface area contributed by atoms with Gasteiger partial charge in [-0.3, -0.25) is 0 Å². The van der Waals surface area contributed by atoms with E-state index in [0.717, 1.165) is 18.9 Å². The Balaban J connectivity index is 1.68. The van der Waals surface area contributed by atoms with Crippen LogP contribution in [0.25, 0.3) is 10.9 Å². The highest BCUT2D eigenvalue weighted by Gasteiger charge is 2.34. The summed E-state index contributed by atoms with van der Waals surface area (Å²) in [5.74, 6) is 2.30. The van der Waals surface area contributed by atoms with Crippen LogP contribution < -0.4 is 14.8 Å². The van der Waals surface area contributed by atoms with Crippen molar-refractivity contribution >= 4 is 29.3 Å². The average Bonchev–Trinajstić information content (AvgIpc) is 3.66. The van der Waals surface area contributed by atoms with Gasteiger partial charge < -0.3 is 19.5 Å². The molecule has 1 unspecified atom stereocenters. The first kappa shape index (κ1) is 24.6. The Morgan fingerprint density at radius 1 is 1.11 bits per heavy atom. The molecule has 8 nitrogen and oxygen atoms in total. The number of rotatable bonds is 10. The molecule has 3 aromatic rings. The molecule has 35 heavy (non-hydrogen) atoms. The standard InChI is InChI=1S/C24H26F3N5O3/c1-13-30-17-10-18(34-4)19(35-20(12-33-3)15-5-6-15)9-16(17)23(31-13)29-11-14-7-21(24(25,26)27)32-22(8-14)28-2/h7-10,15,20H,2,5-6,11-12H2,1,3-4H3,(H,29,30,31). The predicted molar refractivity (Wildman–Crippen MR) is 126 cm³/mol. The quantitative estimate of drug-likeness (QED) is 0.396. The third kappa shape index (κ3) is 5.79. The van der Waals surface area contributed by atoms with Gasteiger partial charge >= 0.3 is 6.18 Å². The summed E-state index contributed by atoms with van der Waals surface area (Å²) in [6.45, 7) is 5.52. The highest BCUT2D eigenvalue weighted by atomic mass is 19.4. The van der Waals surface area contributed by atoms with E-state index in [0.29, 0.717) is 52.1 Å². The molecule has 1 aromatic carbocycles. The van der Waals surface area contributed by atoms with Gasteiger partial charge in [-0.15, -0.1) is 0 Å². The fourth-order valence-electron chi connectivity index (χ4n) is 3.79. The van der Waals surface area contributed by atoms with E-state index in [4.69, 9.17) is 14.2 Å². The first-order valence-electron chi connectivity index (χ1n) is 11.0. The normalized spacial score (nSPS) is 14.6. The zero-order valence-corrected chi connectivity index (χ0v) is 19.6. The minimum Gasteiger partial charge on any atom is -0.493 e. The van der Waals surface area contributed by atoms with Crippen molar-refractivity contribution in [1.82, 2.24) is 15.0 Å². The number of fused-ring (bicyclic) bond motifs is 1. The number of benzene rings is 1. The van der Waals surface area contributed by atoms with Gasteiger partial charge in [0.2, 0.25) is 0 Å². The van der Waals surface area contributed by atoms with E-state index in [9.17, 15) is 13.2 Å². The molecule has 1 fully saturated rings. The van der Waals surface area contributed by atoms with Crippen molar-refractivity contribution in [2.24, 2.45) is 10.9 Å². The lowest BCUT2D eigenvalue weighted by atomic mass is 10.1. The summed E-state index contributed by atoms with van der Waals surface area (Å²) in [7, 11) is 3.18. The fourth-order valence-corrected chi connectivity index (χ4v) is 3.79. The molecule has 1 aliphatic rings. The molecule has 1 atom stereocenters. The number of halogens is 3. The highest BCUT2D eigenvalue weighted by Crippen LogP contribution is 2.40. The Hall–Kier alpha value is -3.47. The lowest BCUT2D eigenvalue weighted by Gasteiger charge is -2.20. The summed E-state index contributed by atoms with van der Waals surface area (Å²) in [6.07, 6.45) is -2.56. The molecule has 1 N–H and O–H groups in total. The number of anilines is 1. The molecule has 1 aliphatic carbocycles. The number of pyridine rings is 1. The summed E-state index contributed by atoms with van der Waals surface area (Å²) in [5.41, 5.74) is -0.0938. The van der Waals surface area contributed by atoms with Crippen molar-refractivity contribution in [1.29, 1.82) is 0 Å². The van der Waals surface area contributed by atoms with E-state index >= 15 is 0 Å². The zero-order chi connectivity index (χ0) is 25.2. The second-order valence-electron chi connectivity index (χ2n) is 8.32. The number of methoxy groups -OCH3 is 2. The topological polar surface area (TPSA) is 90.8 Å². The van der Waals surface area contributed by atoms with Gasteiger partial charge in [-0.2, -0.15) is 13.2 Å². The maximum atomic E-state index is 13.2. The molecule has 2 heterocycles. The first-order valence-corrected chi connectivity index (χ1v) is 11.0. The van der Waals surface area contributed by atoms with Crippen molar-refractivity contribution in [2.75, 3.05) is 26.1 Å². The second kappa shape index (κ2) is 10.0. The van der Waals surface area contributed by atoms with Crippen LogP contribution in [0.4, 0.5) is 24.8 Å². The molecule has 0 amide bonds. The van der Waals surface area contributed by atoms with Crippen LogP contribution in [0.3, 0.4) is 0 Å². The van der Waals surface area contributed by atoms with Crippen LogP contribution >= 0.6 is 0 Å². The summed E-state index contributed by atoms with van der Waals surface area (Å²) >= 11 is 0. The molecule has 0 bridgehead atoms. The molecule has 0 aliphatic heterocycles. The maximum Gasteiger partial charge on any atom is 0.433 e. The fraction of sp³-hybridized carbons (Fsp3) is 0.417. The smallest absolute Gasteiger partial charge is 0.433 e.